The van der Waals surface area contributed by atoms with Gasteiger partial charge in [-0.1, -0.05) is 121 Å². The van der Waals surface area contributed by atoms with Crippen LogP contribution in [0.2, 0.25) is 0 Å². The van der Waals surface area contributed by atoms with Crippen molar-refractivity contribution in [3.63, 3.8) is 0 Å². The van der Waals surface area contributed by atoms with Gasteiger partial charge < -0.3 is 15.5 Å². The molecule has 4 heteroatoms. The van der Waals surface area contributed by atoms with Crippen molar-refractivity contribution in [1.82, 2.24) is 5.32 Å². The molecule has 0 bridgehead atoms. The van der Waals surface area contributed by atoms with Crippen LogP contribution in [0.4, 0.5) is 0 Å². The lowest BCUT2D eigenvalue weighted by molar-refractivity contribution is -0.123. The Kier molecular flexibility index (Phi) is 25.1. The predicted molar refractivity (Wildman–Crippen MR) is 147 cm³/mol. The highest BCUT2D eigenvalue weighted by Gasteiger charge is 2.17. The molecule has 0 aromatic carbocycles. The Morgan fingerprint density at radius 1 is 0.706 bits per heavy atom. The van der Waals surface area contributed by atoms with Crippen molar-refractivity contribution in [2.24, 2.45) is 0 Å². The van der Waals surface area contributed by atoms with Gasteiger partial charge in [0.05, 0.1) is 18.8 Å². The van der Waals surface area contributed by atoms with Crippen molar-refractivity contribution in [2.45, 2.75) is 142 Å². The van der Waals surface area contributed by atoms with Crippen LogP contribution < -0.4 is 5.32 Å². The number of nitrogens with one attached hydrogen (secondary N) is 1. The van der Waals surface area contributed by atoms with E-state index < -0.39 is 12.1 Å². The number of amides is 1. The third-order valence-corrected chi connectivity index (χ3v) is 6.12. The molecule has 0 heterocycles. The Bertz CT molecular complexity index is 527. The molecule has 0 radical (unpaired) electrons. The number of carbonyl (C=O) groups is 1. The van der Waals surface area contributed by atoms with Gasteiger partial charge >= 0.3 is 0 Å². The van der Waals surface area contributed by atoms with Gasteiger partial charge in [0.15, 0.2) is 0 Å². The summed E-state index contributed by atoms with van der Waals surface area (Å²) in [4.78, 5) is 12.2. The molecule has 0 aliphatic rings. The van der Waals surface area contributed by atoms with E-state index in [-0.39, 0.29) is 12.5 Å². The third-order valence-electron chi connectivity index (χ3n) is 6.12. The second kappa shape index (κ2) is 26.2. The first kappa shape index (κ1) is 32.6. The number of hydrogen-bond donors (Lipinski definition) is 3. The molecule has 0 rings (SSSR count). The molecular formula is C30H55NO3. The highest BCUT2D eigenvalue weighted by atomic mass is 16.3. The first-order valence-corrected chi connectivity index (χ1v) is 14.2. The molecule has 0 saturated carbocycles. The summed E-state index contributed by atoms with van der Waals surface area (Å²) >= 11 is 0. The largest absolute Gasteiger partial charge is 0.394 e. The molecule has 2 unspecified atom stereocenters. The molecule has 0 aromatic heterocycles. The van der Waals surface area contributed by atoms with Gasteiger partial charge in [-0.05, 0) is 38.5 Å². The topological polar surface area (TPSA) is 69.6 Å². The van der Waals surface area contributed by atoms with E-state index in [9.17, 15) is 15.0 Å². The second-order valence-electron chi connectivity index (χ2n) is 9.42. The van der Waals surface area contributed by atoms with E-state index in [1.165, 1.54) is 64.2 Å². The number of allylic oxidation sites excluding steroid dienone is 5. The minimum Gasteiger partial charge on any atom is -0.394 e. The summed E-state index contributed by atoms with van der Waals surface area (Å²) in [6, 6.07) is -0.637. The molecule has 0 fully saturated rings. The fraction of sp³-hybridized carbons (Fsp3) is 0.767. The van der Waals surface area contributed by atoms with E-state index in [2.05, 4.69) is 43.5 Å². The molecule has 1 amide bonds. The molecule has 0 aliphatic carbocycles. The standard InChI is InChI=1S/C30H55NO3/c1-3-5-7-9-11-13-15-16-18-20-22-24-26-30(34)31-28(27-32)29(33)25-23-21-19-17-14-12-10-8-6-4-2/h6,8,14,17,23,25,28-29,32-33H,3-5,7,9-13,15-16,18-22,24,26-27H2,1-2H3,(H,31,34)/b8-6+,17-14+,25-23+. The molecule has 3 N–H and O–H groups in total. The maximum absolute atomic E-state index is 12.2. The zero-order chi connectivity index (χ0) is 25.1. The summed E-state index contributed by atoms with van der Waals surface area (Å²) in [6.45, 7) is 4.13. The molecule has 0 saturated heterocycles. The maximum Gasteiger partial charge on any atom is 0.220 e. The summed E-state index contributed by atoms with van der Waals surface area (Å²) in [5.74, 6) is -0.0846. The minimum absolute atomic E-state index is 0.0846. The van der Waals surface area contributed by atoms with E-state index >= 15 is 0 Å². The highest BCUT2D eigenvalue weighted by molar-refractivity contribution is 5.76. The first-order valence-electron chi connectivity index (χ1n) is 14.2. The van der Waals surface area contributed by atoms with Crippen molar-refractivity contribution in [1.29, 1.82) is 0 Å². The molecule has 0 spiro atoms. The van der Waals surface area contributed by atoms with Crippen LogP contribution in [0.1, 0.15) is 129 Å². The number of rotatable bonds is 24. The van der Waals surface area contributed by atoms with Gasteiger partial charge in [-0.15, -0.1) is 0 Å². The molecule has 0 aliphatic heterocycles. The Labute approximate surface area is 211 Å². The van der Waals surface area contributed by atoms with Crippen LogP contribution in [0.15, 0.2) is 36.5 Å². The average molecular weight is 478 g/mol. The molecule has 2 atom stereocenters. The zero-order valence-electron chi connectivity index (χ0n) is 22.4. The fourth-order valence-corrected chi connectivity index (χ4v) is 3.92. The summed E-state index contributed by atoms with van der Waals surface area (Å²) in [7, 11) is 0. The fourth-order valence-electron chi connectivity index (χ4n) is 3.92. The Morgan fingerprint density at radius 2 is 1.18 bits per heavy atom. The summed E-state index contributed by atoms with van der Waals surface area (Å²) in [5.41, 5.74) is 0. The van der Waals surface area contributed by atoms with E-state index in [0.717, 1.165) is 44.9 Å². The van der Waals surface area contributed by atoms with E-state index in [1.54, 1.807) is 6.08 Å². The number of carbonyl (C=O) groups excluding carboxylic acids is 1. The number of unbranched alkanes of at least 4 members (excludes halogenated alkanes) is 13. The number of aliphatic hydroxyl groups is 2. The van der Waals surface area contributed by atoms with Crippen molar-refractivity contribution < 1.29 is 15.0 Å². The minimum atomic E-state index is -0.862. The van der Waals surface area contributed by atoms with Crippen LogP contribution in [0.3, 0.4) is 0 Å². The van der Waals surface area contributed by atoms with Gasteiger partial charge in [0.1, 0.15) is 0 Å². The Hall–Kier alpha value is -1.39. The van der Waals surface area contributed by atoms with Crippen LogP contribution in [0, 0.1) is 0 Å². The number of hydrogen-bond acceptors (Lipinski definition) is 3. The lowest BCUT2D eigenvalue weighted by atomic mass is 10.0. The van der Waals surface area contributed by atoms with Crippen LogP contribution in [0.25, 0.3) is 0 Å². The lowest BCUT2D eigenvalue weighted by Gasteiger charge is -2.19. The molecule has 0 aromatic rings. The van der Waals surface area contributed by atoms with Crippen molar-refractivity contribution in [2.75, 3.05) is 6.61 Å². The first-order chi connectivity index (χ1) is 16.7. The summed E-state index contributed by atoms with van der Waals surface area (Å²) in [5, 5.41) is 22.6. The van der Waals surface area contributed by atoms with Gasteiger partial charge in [-0.2, -0.15) is 0 Å². The maximum atomic E-state index is 12.2. The average Bonchev–Trinajstić information content (AvgIpc) is 2.84. The predicted octanol–water partition coefficient (Wildman–Crippen LogP) is 7.55. The Morgan fingerprint density at radius 3 is 1.68 bits per heavy atom. The van der Waals surface area contributed by atoms with Crippen molar-refractivity contribution >= 4 is 5.91 Å². The SMILES string of the molecule is CC/C=C/CC/C=C/CC/C=C/C(O)C(CO)NC(=O)CCCCCCCCCCCCCC. The third kappa shape index (κ3) is 22.4. The van der Waals surface area contributed by atoms with Crippen LogP contribution in [-0.4, -0.2) is 34.9 Å². The van der Waals surface area contributed by atoms with E-state index in [4.69, 9.17) is 0 Å². The quantitative estimate of drug-likeness (QED) is 0.0992. The van der Waals surface area contributed by atoms with E-state index in [1.807, 2.05) is 6.08 Å². The molecular weight excluding hydrogens is 422 g/mol. The van der Waals surface area contributed by atoms with Crippen LogP contribution >= 0.6 is 0 Å². The summed E-state index contributed by atoms with van der Waals surface area (Å²) < 4.78 is 0. The van der Waals surface area contributed by atoms with Gasteiger partial charge in [0.25, 0.3) is 0 Å². The number of aliphatic hydroxyl groups excluding tert-OH is 2. The molecule has 4 nitrogen and oxygen atoms in total. The van der Waals surface area contributed by atoms with Crippen molar-refractivity contribution in [3.05, 3.63) is 36.5 Å². The van der Waals surface area contributed by atoms with Gasteiger partial charge in [0, 0.05) is 6.42 Å². The lowest BCUT2D eigenvalue weighted by Crippen LogP contribution is -2.45. The normalized spacial score (nSPS) is 13.9. The molecule has 198 valence electrons. The zero-order valence-corrected chi connectivity index (χ0v) is 22.4. The Balaban J connectivity index is 3.76. The van der Waals surface area contributed by atoms with Crippen LogP contribution in [-0.2, 0) is 4.79 Å². The van der Waals surface area contributed by atoms with E-state index in [0.29, 0.717) is 6.42 Å². The second-order valence-corrected chi connectivity index (χ2v) is 9.42. The van der Waals surface area contributed by atoms with Gasteiger partial charge in [-0.3, -0.25) is 4.79 Å². The highest BCUT2D eigenvalue weighted by Crippen LogP contribution is 2.12. The monoisotopic (exact) mass is 477 g/mol. The van der Waals surface area contributed by atoms with Crippen molar-refractivity contribution in [3.8, 4) is 0 Å². The van der Waals surface area contributed by atoms with Gasteiger partial charge in [-0.25, -0.2) is 0 Å². The smallest absolute Gasteiger partial charge is 0.220 e. The van der Waals surface area contributed by atoms with Gasteiger partial charge in [0.2, 0.25) is 5.91 Å². The molecule has 34 heavy (non-hydrogen) atoms. The van der Waals surface area contributed by atoms with Crippen LogP contribution in [0.5, 0.6) is 0 Å². The summed E-state index contributed by atoms with van der Waals surface area (Å²) in [6.07, 6.45) is 32.2.